The average Bonchev–Trinajstić information content (AvgIpc) is 2.83. The number of benzene rings is 2. The van der Waals surface area contributed by atoms with Gasteiger partial charge in [0.1, 0.15) is 0 Å². The number of aromatic carboxylic acids is 1. The molecule has 4 heteroatoms. The van der Waals surface area contributed by atoms with Crippen LogP contribution in [-0.4, -0.2) is 15.6 Å². The zero-order valence-corrected chi connectivity index (χ0v) is 10.6. The second-order valence-corrected chi connectivity index (χ2v) is 4.64. The Morgan fingerprint density at radius 2 is 1.79 bits per heavy atom. The summed E-state index contributed by atoms with van der Waals surface area (Å²) in [5.41, 5.74) is 2.12. The van der Waals surface area contributed by atoms with E-state index in [1.807, 2.05) is 47.2 Å². The maximum atomic E-state index is 11.2. The fourth-order valence-electron chi connectivity index (χ4n) is 2.18. The number of carbonyl (C=O) groups is 1. The molecular weight excluding hydrogens is 262 g/mol. The fourth-order valence-corrected chi connectivity index (χ4v) is 2.31. The van der Waals surface area contributed by atoms with Crippen LogP contribution in [0.2, 0.25) is 5.02 Å². The first-order valence-electron chi connectivity index (χ1n) is 5.76. The van der Waals surface area contributed by atoms with E-state index < -0.39 is 5.97 Å². The van der Waals surface area contributed by atoms with Crippen LogP contribution in [0.25, 0.3) is 16.6 Å². The summed E-state index contributed by atoms with van der Waals surface area (Å²) in [4.78, 5) is 11.2. The Balaban J connectivity index is 2.24. The summed E-state index contributed by atoms with van der Waals surface area (Å²) < 4.78 is 1.94. The summed E-state index contributed by atoms with van der Waals surface area (Å²) in [5.74, 6) is -0.917. The Bertz CT molecular complexity index is 759. The number of halogens is 1. The van der Waals surface area contributed by atoms with Gasteiger partial charge < -0.3 is 9.67 Å². The quantitative estimate of drug-likeness (QED) is 0.766. The van der Waals surface area contributed by atoms with Crippen molar-refractivity contribution in [3.8, 4) is 5.69 Å². The van der Waals surface area contributed by atoms with E-state index in [-0.39, 0.29) is 0 Å². The molecule has 0 atom stereocenters. The van der Waals surface area contributed by atoms with Gasteiger partial charge in [-0.2, -0.15) is 0 Å². The van der Waals surface area contributed by atoms with E-state index >= 15 is 0 Å². The summed E-state index contributed by atoms with van der Waals surface area (Å²) in [6.45, 7) is 0. The molecule has 0 unspecified atom stereocenters. The van der Waals surface area contributed by atoms with Gasteiger partial charge in [-0.3, -0.25) is 0 Å². The number of nitrogens with zero attached hydrogens (tertiary/aromatic N) is 1. The van der Waals surface area contributed by atoms with Crippen molar-refractivity contribution >= 4 is 28.5 Å². The molecule has 0 fully saturated rings. The Morgan fingerprint density at radius 1 is 1.05 bits per heavy atom. The van der Waals surface area contributed by atoms with Crippen LogP contribution in [0.1, 0.15) is 10.4 Å². The first kappa shape index (κ1) is 11.8. The molecule has 0 amide bonds. The fraction of sp³-hybridized carbons (Fsp3) is 0. The van der Waals surface area contributed by atoms with Crippen LogP contribution >= 0.6 is 11.6 Å². The Kier molecular flexibility index (Phi) is 2.76. The predicted molar refractivity (Wildman–Crippen MR) is 75.2 cm³/mol. The highest BCUT2D eigenvalue weighted by Crippen LogP contribution is 2.24. The number of hydrogen-bond acceptors (Lipinski definition) is 1. The Labute approximate surface area is 114 Å². The molecule has 0 aliphatic heterocycles. The van der Waals surface area contributed by atoms with Crippen LogP contribution in [0.4, 0.5) is 0 Å². The standard InChI is InChI=1S/C15H10ClNO2/c16-10-4-6-11(7-5-10)17-9-8-12-13(15(18)19)2-1-3-14(12)17/h1-9H,(H,18,19). The molecule has 0 saturated carbocycles. The number of aromatic nitrogens is 1. The van der Waals surface area contributed by atoms with Crippen LogP contribution < -0.4 is 0 Å². The molecule has 0 radical (unpaired) electrons. The molecule has 0 spiro atoms. The zero-order valence-electron chi connectivity index (χ0n) is 9.88. The molecule has 0 bridgehead atoms. The zero-order chi connectivity index (χ0) is 13.4. The molecule has 0 aliphatic carbocycles. The average molecular weight is 272 g/mol. The third kappa shape index (κ3) is 1.98. The maximum Gasteiger partial charge on any atom is 0.336 e. The van der Waals surface area contributed by atoms with Crippen molar-refractivity contribution in [1.82, 2.24) is 4.57 Å². The van der Waals surface area contributed by atoms with Gasteiger partial charge in [0, 0.05) is 22.3 Å². The largest absolute Gasteiger partial charge is 0.478 e. The SMILES string of the molecule is O=C(O)c1cccc2c1ccn2-c1ccc(Cl)cc1. The number of fused-ring (bicyclic) bond motifs is 1. The van der Waals surface area contributed by atoms with Crippen molar-refractivity contribution in [2.24, 2.45) is 0 Å². The lowest BCUT2D eigenvalue weighted by Crippen LogP contribution is -1.97. The van der Waals surface area contributed by atoms with E-state index in [4.69, 9.17) is 11.6 Å². The van der Waals surface area contributed by atoms with E-state index in [0.717, 1.165) is 16.6 Å². The van der Waals surface area contributed by atoms with E-state index in [1.54, 1.807) is 12.1 Å². The Morgan fingerprint density at radius 3 is 2.47 bits per heavy atom. The van der Waals surface area contributed by atoms with E-state index in [0.29, 0.717) is 10.6 Å². The maximum absolute atomic E-state index is 11.2. The van der Waals surface area contributed by atoms with Crippen molar-refractivity contribution in [2.45, 2.75) is 0 Å². The molecule has 3 aromatic rings. The topological polar surface area (TPSA) is 42.2 Å². The number of hydrogen-bond donors (Lipinski definition) is 1. The second kappa shape index (κ2) is 4.44. The molecule has 19 heavy (non-hydrogen) atoms. The summed E-state index contributed by atoms with van der Waals surface area (Å²) >= 11 is 5.87. The lowest BCUT2D eigenvalue weighted by atomic mass is 10.1. The molecule has 2 aromatic carbocycles. The molecule has 0 aliphatic rings. The van der Waals surface area contributed by atoms with Gasteiger partial charge in [-0.15, -0.1) is 0 Å². The van der Waals surface area contributed by atoms with Gasteiger partial charge in [0.25, 0.3) is 0 Å². The minimum atomic E-state index is -0.917. The van der Waals surface area contributed by atoms with Crippen molar-refractivity contribution in [2.75, 3.05) is 0 Å². The van der Waals surface area contributed by atoms with Gasteiger partial charge in [0.15, 0.2) is 0 Å². The monoisotopic (exact) mass is 271 g/mol. The highest BCUT2D eigenvalue weighted by atomic mass is 35.5. The van der Waals surface area contributed by atoms with E-state index in [2.05, 4.69) is 0 Å². The molecular formula is C15H10ClNO2. The van der Waals surface area contributed by atoms with Crippen molar-refractivity contribution < 1.29 is 9.90 Å². The lowest BCUT2D eigenvalue weighted by Gasteiger charge is -2.06. The minimum Gasteiger partial charge on any atom is -0.478 e. The summed E-state index contributed by atoms with van der Waals surface area (Å²) in [5, 5.41) is 10.6. The summed E-state index contributed by atoms with van der Waals surface area (Å²) in [6.07, 6.45) is 1.86. The smallest absolute Gasteiger partial charge is 0.336 e. The molecule has 94 valence electrons. The second-order valence-electron chi connectivity index (χ2n) is 4.21. The molecule has 3 rings (SSSR count). The van der Waals surface area contributed by atoms with E-state index in [1.165, 1.54) is 0 Å². The summed E-state index contributed by atoms with van der Waals surface area (Å²) in [7, 11) is 0. The normalized spacial score (nSPS) is 10.8. The minimum absolute atomic E-state index is 0.310. The molecule has 1 heterocycles. The van der Waals surface area contributed by atoms with Crippen molar-refractivity contribution in [3.63, 3.8) is 0 Å². The van der Waals surface area contributed by atoms with Gasteiger partial charge in [0.2, 0.25) is 0 Å². The predicted octanol–water partition coefficient (Wildman–Crippen LogP) is 3.98. The van der Waals surface area contributed by atoms with Gasteiger partial charge in [-0.25, -0.2) is 4.79 Å². The summed E-state index contributed by atoms with van der Waals surface area (Å²) in [6, 6.07) is 14.5. The van der Waals surface area contributed by atoms with Gasteiger partial charge in [0.05, 0.1) is 11.1 Å². The highest BCUT2D eigenvalue weighted by molar-refractivity contribution is 6.30. The highest BCUT2D eigenvalue weighted by Gasteiger charge is 2.11. The Hall–Kier alpha value is -2.26. The van der Waals surface area contributed by atoms with Gasteiger partial charge in [-0.1, -0.05) is 17.7 Å². The molecule has 3 nitrogen and oxygen atoms in total. The number of carboxylic acid groups (broad SMARTS) is 1. The molecule has 0 saturated heterocycles. The van der Waals surface area contributed by atoms with Crippen LogP contribution in [0, 0.1) is 0 Å². The van der Waals surface area contributed by atoms with Crippen LogP contribution in [0.5, 0.6) is 0 Å². The van der Waals surface area contributed by atoms with Gasteiger partial charge >= 0.3 is 5.97 Å². The van der Waals surface area contributed by atoms with Crippen LogP contribution in [0.15, 0.2) is 54.7 Å². The van der Waals surface area contributed by atoms with Crippen LogP contribution in [-0.2, 0) is 0 Å². The molecule has 1 aromatic heterocycles. The molecule has 1 N–H and O–H groups in total. The number of rotatable bonds is 2. The first-order valence-corrected chi connectivity index (χ1v) is 6.14. The first-order chi connectivity index (χ1) is 9.16. The van der Waals surface area contributed by atoms with E-state index in [9.17, 15) is 9.90 Å². The third-order valence-corrected chi connectivity index (χ3v) is 3.32. The lowest BCUT2D eigenvalue weighted by molar-refractivity contribution is 0.0699. The van der Waals surface area contributed by atoms with Gasteiger partial charge in [-0.05, 0) is 42.5 Å². The van der Waals surface area contributed by atoms with Crippen molar-refractivity contribution in [1.29, 1.82) is 0 Å². The van der Waals surface area contributed by atoms with Crippen molar-refractivity contribution in [3.05, 3.63) is 65.3 Å². The third-order valence-electron chi connectivity index (χ3n) is 3.07. The van der Waals surface area contributed by atoms with Crippen LogP contribution in [0.3, 0.4) is 0 Å². The number of carboxylic acids is 1.